The van der Waals surface area contributed by atoms with Crippen molar-refractivity contribution in [2.75, 3.05) is 11.8 Å². The Kier molecular flexibility index (Phi) is 5.95. The Labute approximate surface area is 127 Å². The van der Waals surface area contributed by atoms with Crippen molar-refractivity contribution in [2.45, 2.75) is 18.5 Å². The van der Waals surface area contributed by atoms with E-state index in [1.54, 1.807) is 0 Å². The quantitative estimate of drug-likeness (QED) is 0.345. The fourth-order valence-corrected chi connectivity index (χ4v) is 2.14. The maximum Gasteiger partial charge on any atom is 0.433 e. The summed E-state index contributed by atoms with van der Waals surface area (Å²) in [5.74, 6) is -0.783. The van der Waals surface area contributed by atoms with Crippen LogP contribution in [0, 0.1) is 0 Å². The summed E-state index contributed by atoms with van der Waals surface area (Å²) >= 11 is 3.14. The minimum absolute atomic E-state index is 0.111. The zero-order chi connectivity index (χ0) is 16.2. The molecule has 0 aliphatic heterocycles. The van der Waals surface area contributed by atoms with Gasteiger partial charge in [-0.2, -0.15) is 18.3 Å². The van der Waals surface area contributed by atoms with E-state index in [4.69, 9.17) is 0 Å². The van der Waals surface area contributed by atoms with Gasteiger partial charge < -0.3 is 0 Å². The Morgan fingerprint density at radius 3 is 2.48 bits per heavy atom. The molecule has 1 aromatic carbocycles. The van der Waals surface area contributed by atoms with Crippen LogP contribution in [0.25, 0.3) is 0 Å². The number of nitrogens with zero attached hydrogens (tertiary/aromatic N) is 1. The van der Waals surface area contributed by atoms with Crippen molar-refractivity contribution in [1.29, 1.82) is 0 Å². The van der Waals surface area contributed by atoms with Gasteiger partial charge in [-0.05, 0) is 30.2 Å². The molecule has 1 atom stereocenters. The normalized spacial score (nSPS) is 12.9. The Morgan fingerprint density at radius 1 is 1.38 bits per heavy atom. The topological polar surface area (TPSA) is 3.24 Å². The summed E-state index contributed by atoms with van der Waals surface area (Å²) in [5, 5.41) is -0.562. The third-order valence-electron chi connectivity index (χ3n) is 2.84. The summed E-state index contributed by atoms with van der Waals surface area (Å²) in [6.07, 6.45) is -3.31. The number of benzene rings is 1. The van der Waals surface area contributed by atoms with Gasteiger partial charge in [0.15, 0.2) is 0 Å². The standard InChI is InChI=1S/C14H13BrF5N/c1-3-4-10(8-16)12-7-11(15)5-6-13(12)21(20)9(2)14(17,18)19/h3,5-7,10H,1-2,4,8H2. The van der Waals surface area contributed by atoms with E-state index in [1.807, 2.05) is 0 Å². The summed E-state index contributed by atoms with van der Waals surface area (Å²) in [4.78, 5) is 0. The van der Waals surface area contributed by atoms with E-state index in [9.17, 15) is 22.0 Å². The second-order valence-electron chi connectivity index (χ2n) is 4.30. The molecule has 0 aromatic heterocycles. The number of rotatable bonds is 6. The highest BCUT2D eigenvalue weighted by atomic mass is 79.9. The smallest absolute Gasteiger partial charge is 0.250 e. The minimum Gasteiger partial charge on any atom is -0.250 e. The number of hydrogen-bond acceptors (Lipinski definition) is 1. The van der Waals surface area contributed by atoms with Crippen molar-refractivity contribution in [1.82, 2.24) is 0 Å². The molecule has 0 saturated carbocycles. The predicted octanol–water partition coefficient (Wildman–Crippen LogP) is 5.85. The van der Waals surface area contributed by atoms with Crippen LogP contribution in [-0.2, 0) is 0 Å². The molecule has 116 valence electrons. The van der Waals surface area contributed by atoms with Gasteiger partial charge in [-0.25, -0.2) is 0 Å². The first-order chi connectivity index (χ1) is 9.72. The third kappa shape index (κ3) is 4.30. The molecule has 0 spiro atoms. The SMILES string of the molecule is C=CCC(CF)c1cc(Br)ccc1N(F)C(=C)C(F)(F)F. The van der Waals surface area contributed by atoms with Crippen molar-refractivity contribution in [2.24, 2.45) is 0 Å². The Balaban J connectivity index is 3.29. The van der Waals surface area contributed by atoms with Crippen molar-refractivity contribution in [3.05, 3.63) is 53.2 Å². The molecule has 0 N–H and O–H groups in total. The molecule has 0 saturated heterocycles. The predicted molar refractivity (Wildman–Crippen MR) is 76.5 cm³/mol. The highest BCUT2D eigenvalue weighted by Crippen LogP contribution is 2.38. The molecule has 0 fully saturated rings. The molecule has 0 radical (unpaired) electrons. The van der Waals surface area contributed by atoms with E-state index >= 15 is 0 Å². The zero-order valence-electron chi connectivity index (χ0n) is 10.9. The van der Waals surface area contributed by atoms with Crippen LogP contribution in [0.3, 0.4) is 0 Å². The second-order valence-corrected chi connectivity index (χ2v) is 5.22. The summed E-state index contributed by atoms with van der Waals surface area (Å²) in [5.41, 5.74) is -1.94. The molecule has 7 heteroatoms. The van der Waals surface area contributed by atoms with Crippen LogP contribution in [0.4, 0.5) is 27.7 Å². The van der Waals surface area contributed by atoms with Crippen LogP contribution < -0.4 is 5.12 Å². The van der Waals surface area contributed by atoms with Crippen LogP contribution in [0.1, 0.15) is 17.9 Å². The first-order valence-corrected chi connectivity index (χ1v) is 6.70. The first kappa shape index (κ1) is 17.7. The molecule has 0 aliphatic carbocycles. The molecule has 0 bridgehead atoms. The largest absolute Gasteiger partial charge is 0.433 e. The van der Waals surface area contributed by atoms with Crippen LogP contribution in [0.5, 0.6) is 0 Å². The Morgan fingerprint density at radius 2 is 2.00 bits per heavy atom. The van der Waals surface area contributed by atoms with Gasteiger partial charge >= 0.3 is 6.18 Å². The summed E-state index contributed by atoms with van der Waals surface area (Å²) in [6.45, 7) is 5.31. The molecule has 0 heterocycles. The minimum atomic E-state index is -4.91. The lowest BCUT2D eigenvalue weighted by Crippen LogP contribution is -2.25. The van der Waals surface area contributed by atoms with E-state index < -0.39 is 29.6 Å². The van der Waals surface area contributed by atoms with Crippen molar-refractivity contribution in [3.63, 3.8) is 0 Å². The number of allylic oxidation sites excluding steroid dienone is 2. The molecule has 1 nitrogen and oxygen atoms in total. The van der Waals surface area contributed by atoms with Gasteiger partial charge in [0.05, 0.1) is 12.4 Å². The van der Waals surface area contributed by atoms with Crippen LogP contribution in [0.15, 0.2) is 47.6 Å². The van der Waals surface area contributed by atoms with E-state index in [1.165, 1.54) is 18.2 Å². The van der Waals surface area contributed by atoms with Gasteiger partial charge in [0.25, 0.3) is 0 Å². The molecule has 0 aliphatic rings. The number of anilines is 1. The molecular formula is C14H13BrF5N. The zero-order valence-corrected chi connectivity index (χ0v) is 12.5. The molecule has 21 heavy (non-hydrogen) atoms. The molecule has 0 amide bonds. The van der Waals surface area contributed by atoms with Crippen LogP contribution in [0.2, 0.25) is 0 Å². The average Bonchev–Trinajstić information content (AvgIpc) is 2.42. The van der Waals surface area contributed by atoms with Gasteiger partial charge in [0.2, 0.25) is 0 Å². The lowest BCUT2D eigenvalue weighted by atomic mass is 9.95. The van der Waals surface area contributed by atoms with Crippen molar-refractivity contribution < 1.29 is 22.0 Å². The van der Waals surface area contributed by atoms with E-state index in [0.29, 0.717) is 4.47 Å². The molecule has 1 unspecified atom stereocenters. The number of halogens is 6. The van der Waals surface area contributed by atoms with Gasteiger partial charge in [-0.3, -0.25) is 4.39 Å². The Bertz CT molecular complexity index is 527. The van der Waals surface area contributed by atoms with Crippen LogP contribution in [-0.4, -0.2) is 12.9 Å². The summed E-state index contributed by atoms with van der Waals surface area (Å²) in [6, 6.07) is 3.90. The van der Waals surface area contributed by atoms with Gasteiger partial charge in [0, 0.05) is 10.4 Å². The van der Waals surface area contributed by atoms with E-state index in [-0.39, 0.29) is 17.7 Å². The van der Waals surface area contributed by atoms with E-state index in [2.05, 4.69) is 29.1 Å². The van der Waals surface area contributed by atoms with Gasteiger partial charge in [-0.1, -0.05) is 33.1 Å². The lowest BCUT2D eigenvalue weighted by Gasteiger charge is -2.24. The molecular weight excluding hydrogens is 357 g/mol. The van der Waals surface area contributed by atoms with Crippen LogP contribution >= 0.6 is 15.9 Å². The fraction of sp³-hybridized carbons (Fsp3) is 0.286. The maximum atomic E-state index is 14.0. The average molecular weight is 370 g/mol. The molecule has 1 rings (SSSR count). The highest BCUT2D eigenvalue weighted by Gasteiger charge is 2.38. The second kappa shape index (κ2) is 7.06. The Hall–Kier alpha value is -1.37. The molecule has 1 aromatic rings. The fourth-order valence-electron chi connectivity index (χ4n) is 1.76. The maximum absolute atomic E-state index is 14.0. The first-order valence-electron chi connectivity index (χ1n) is 5.90. The van der Waals surface area contributed by atoms with Crippen molar-refractivity contribution in [3.8, 4) is 0 Å². The highest BCUT2D eigenvalue weighted by molar-refractivity contribution is 9.10. The monoisotopic (exact) mass is 369 g/mol. The van der Waals surface area contributed by atoms with Gasteiger partial charge in [-0.15, -0.1) is 6.58 Å². The van der Waals surface area contributed by atoms with Gasteiger partial charge in [0.1, 0.15) is 5.70 Å². The third-order valence-corrected chi connectivity index (χ3v) is 3.34. The number of hydrogen-bond donors (Lipinski definition) is 0. The van der Waals surface area contributed by atoms with Crippen molar-refractivity contribution >= 4 is 21.6 Å². The van der Waals surface area contributed by atoms with E-state index in [0.717, 1.165) is 6.07 Å². The summed E-state index contributed by atoms with van der Waals surface area (Å²) in [7, 11) is 0. The lowest BCUT2D eigenvalue weighted by molar-refractivity contribution is -0.0964. The summed E-state index contributed by atoms with van der Waals surface area (Å²) < 4.78 is 65.2. The number of alkyl halides is 4.